The monoisotopic (exact) mass is 264 g/mol. The number of hydrogen-bond donors (Lipinski definition) is 1. The van der Waals surface area contributed by atoms with Crippen molar-refractivity contribution in [3.8, 4) is 0 Å². The van der Waals surface area contributed by atoms with Crippen molar-refractivity contribution in [1.82, 2.24) is 0 Å². The summed E-state index contributed by atoms with van der Waals surface area (Å²) in [7, 11) is 0. The normalized spacial score (nSPS) is 14.8. The maximum atomic E-state index is 11.9. The number of hydrogen-bond acceptors (Lipinski definition) is 3. The SMILES string of the molecule is CCOC(=O)C(C)(C)C(C)(O)CCc1ccccc1. The zero-order valence-electron chi connectivity index (χ0n) is 12.3. The number of rotatable bonds is 6. The molecular formula is C16H24O3. The number of aliphatic hydroxyl groups is 1. The van der Waals surface area contributed by atoms with Crippen molar-refractivity contribution in [2.24, 2.45) is 5.41 Å². The second-order valence-corrected chi connectivity index (χ2v) is 5.60. The lowest BCUT2D eigenvalue weighted by molar-refractivity contribution is -0.169. The van der Waals surface area contributed by atoms with E-state index in [0.717, 1.165) is 12.0 Å². The highest BCUT2D eigenvalue weighted by Gasteiger charge is 2.46. The Bertz CT molecular complexity index is 407. The molecule has 0 aliphatic carbocycles. The number of benzene rings is 1. The molecule has 0 fully saturated rings. The number of carbonyl (C=O) groups excluding carboxylic acids is 1. The Hall–Kier alpha value is -1.35. The third-order valence-electron chi connectivity index (χ3n) is 3.88. The van der Waals surface area contributed by atoms with Crippen molar-refractivity contribution < 1.29 is 14.6 Å². The van der Waals surface area contributed by atoms with Crippen molar-refractivity contribution in [3.05, 3.63) is 35.9 Å². The highest BCUT2D eigenvalue weighted by atomic mass is 16.5. The van der Waals surface area contributed by atoms with Crippen LogP contribution >= 0.6 is 0 Å². The number of esters is 1. The molecule has 0 spiro atoms. The molecule has 0 heterocycles. The summed E-state index contributed by atoms with van der Waals surface area (Å²) in [6, 6.07) is 9.95. The van der Waals surface area contributed by atoms with Gasteiger partial charge in [-0.25, -0.2) is 0 Å². The van der Waals surface area contributed by atoms with E-state index >= 15 is 0 Å². The topological polar surface area (TPSA) is 46.5 Å². The fourth-order valence-electron chi connectivity index (χ4n) is 1.88. The first kappa shape index (κ1) is 15.7. The van der Waals surface area contributed by atoms with Crippen LogP contribution in [0, 0.1) is 5.41 Å². The van der Waals surface area contributed by atoms with E-state index in [2.05, 4.69) is 0 Å². The first-order chi connectivity index (χ1) is 8.81. The molecule has 0 aliphatic rings. The van der Waals surface area contributed by atoms with Crippen LogP contribution in [0.3, 0.4) is 0 Å². The minimum Gasteiger partial charge on any atom is -0.465 e. The molecule has 106 valence electrons. The van der Waals surface area contributed by atoms with Crippen molar-refractivity contribution >= 4 is 5.97 Å². The van der Waals surface area contributed by atoms with Crippen LogP contribution in [0.1, 0.15) is 39.7 Å². The summed E-state index contributed by atoms with van der Waals surface area (Å²) in [4.78, 5) is 11.9. The molecule has 19 heavy (non-hydrogen) atoms. The molecule has 1 unspecified atom stereocenters. The van der Waals surface area contributed by atoms with E-state index in [1.807, 2.05) is 30.3 Å². The maximum absolute atomic E-state index is 11.9. The molecule has 3 nitrogen and oxygen atoms in total. The zero-order chi connectivity index (χ0) is 14.5. The summed E-state index contributed by atoms with van der Waals surface area (Å²) >= 11 is 0. The molecule has 0 saturated heterocycles. The summed E-state index contributed by atoms with van der Waals surface area (Å²) in [6.07, 6.45) is 1.25. The average molecular weight is 264 g/mol. The predicted octanol–water partition coefficient (Wildman–Crippen LogP) is 2.96. The third-order valence-corrected chi connectivity index (χ3v) is 3.88. The predicted molar refractivity (Wildman–Crippen MR) is 75.8 cm³/mol. The van der Waals surface area contributed by atoms with Crippen LogP contribution in [-0.4, -0.2) is 23.3 Å². The van der Waals surface area contributed by atoms with Crippen LogP contribution in [0.4, 0.5) is 0 Å². The smallest absolute Gasteiger partial charge is 0.314 e. The van der Waals surface area contributed by atoms with E-state index < -0.39 is 11.0 Å². The molecule has 0 aliphatic heterocycles. The molecule has 1 aromatic carbocycles. The van der Waals surface area contributed by atoms with Gasteiger partial charge >= 0.3 is 5.97 Å². The van der Waals surface area contributed by atoms with Crippen molar-refractivity contribution in [1.29, 1.82) is 0 Å². The van der Waals surface area contributed by atoms with Gasteiger partial charge in [0.15, 0.2) is 0 Å². The Labute approximate surface area is 115 Å². The van der Waals surface area contributed by atoms with E-state index in [9.17, 15) is 9.90 Å². The van der Waals surface area contributed by atoms with Gasteiger partial charge in [-0.2, -0.15) is 0 Å². The minimum atomic E-state index is -1.10. The average Bonchev–Trinajstić information content (AvgIpc) is 2.38. The molecule has 0 aromatic heterocycles. The quantitative estimate of drug-likeness (QED) is 0.803. The summed E-state index contributed by atoms with van der Waals surface area (Å²) < 4.78 is 5.05. The lowest BCUT2D eigenvalue weighted by Crippen LogP contribution is -2.48. The van der Waals surface area contributed by atoms with Gasteiger partial charge in [-0.1, -0.05) is 30.3 Å². The van der Waals surface area contributed by atoms with Gasteiger partial charge in [0.2, 0.25) is 0 Å². The van der Waals surface area contributed by atoms with Crippen LogP contribution in [0.2, 0.25) is 0 Å². The van der Waals surface area contributed by atoms with Gasteiger partial charge in [0.25, 0.3) is 0 Å². The number of aryl methyl sites for hydroxylation is 1. The molecule has 3 heteroatoms. The van der Waals surface area contributed by atoms with Gasteiger partial charge in [-0.15, -0.1) is 0 Å². The van der Waals surface area contributed by atoms with Crippen molar-refractivity contribution in [3.63, 3.8) is 0 Å². The second-order valence-electron chi connectivity index (χ2n) is 5.60. The Kier molecular flexibility index (Phi) is 5.12. The van der Waals surface area contributed by atoms with Crippen LogP contribution in [0.25, 0.3) is 0 Å². The van der Waals surface area contributed by atoms with E-state index in [-0.39, 0.29) is 5.97 Å². The molecule has 0 amide bonds. The van der Waals surface area contributed by atoms with Crippen LogP contribution < -0.4 is 0 Å². The van der Waals surface area contributed by atoms with E-state index in [0.29, 0.717) is 13.0 Å². The molecule has 1 N–H and O–H groups in total. The van der Waals surface area contributed by atoms with Crippen molar-refractivity contribution in [2.75, 3.05) is 6.61 Å². The summed E-state index contributed by atoms with van der Waals surface area (Å²) in [5.74, 6) is -0.354. The molecule has 0 saturated carbocycles. The number of ether oxygens (including phenoxy) is 1. The second kappa shape index (κ2) is 6.20. The van der Waals surface area contributed by atoms with Gasteiger partial charge in [0.05, 0.1) is 17.6 Å². The summed E-state index contributed by atoms with van der Waals surface area (Å²) in [5.41, 5.74) is -0.866. The molecule has 1 atom stereocenters. The van der Waals surface area contributed by atoms with Crippen LogP contribution in [0.15, 0.2) is 30.3 Å². The maximum Gasteiger partial charge on any atom is 0.314 e. The molecule has 0 bridgehead atoms. The standard InChI is InChI=1S/C16H24O3/c1-5-19-14(17)15(2,3)16(4,18)12-11-13-9-7-6-8-10-13/h6-10,18H,5,11-12H2,1-4H3. The fraction of sp³-hybridized carbons (Fsp3) is 0.562. The van der Waals surface area contributed by atoms with Crippen LogP contribution in [0.5, 0.6) is 0 Å². The zero-order valence-corrected chi connectivity index (χ0v) is 12.3. The number of carbonyl (C=O) groups is 1. The molecule has 1 aromatic rings. The minimum absolute atomic E-state index is 0.330. The van der Waals surface area contributed by atoms with Crippen molar-refractivity contribution in [2.45, 2.75) is 46.1 Å². The van der Waals surface area contributed by atoms with Gasteiger partial charge in [0.1, 0.15) is 0 Å². The summed E-state index contributed by atoms with van der Waals surface area (Å²) in [5, 5.41) is 10.6. The van der Waals surface area contributed by atoms with E-state index in [1.165, 1.54) is 0 Å². The van der Waals surface area contributed by atoms with E-state index in [1.54, 1.807) is 27.7 Å². The Morgan fingerprint density at radius 1 is 1.21 bits per heavy atom. The highest BCUT2D eigenvalue weighted by Crippen LogP contribution is 2.35. The first-order valence-electron chi connectivity index (χ1n) is 6.75. The van der Waals surface area contributed by atoms with E-state index in [4.69, 9.17) is 4.74 Å². The summed E-state index contributed by atoms with van der Waals surface area (Å²) in [6.45, 7) is 7.27. The first-order valence-corrected chi connectivity index (χ1v) is 6.75. The fourth-order valence-corrected chi connectivity index (χ4v) is 1.88. The lowest BCUT2D eigenvalue weighted by Gasteiger charge is -2.38. The van der Waals surface area contributed by atoms with Gasteiger partial charge < -0.3 is 9.84 Å². The largest absolute Gasteiger partial charge is 0.465 e. The lowest BCUT2D eigenvalue weighted by atomic mass is 9.73. The van der Waals surface area contributed by atoms with Gasteiger partial charge in [0, 0.05) is 0 Å². The van der Waals surface area contributed by atoms with Gasteiger partial charge in [-0.05, 0) is 46.1 Å². The Morgan fingerprint density at radius 3 is 2.32 bits per heavy atom. The highest BCUT2D eigenvalue weighted by molar-refractivity contribution is 5.77. The molecular weight excluding hydrogens is 240 g/mol. The van der Waals surface area contributed by atoms with Gasteiger partial charge in [-0.3, -0.25) is 4.79 Å². The Balaban J connectivity index is 2.71. The Morgan fingerprint density at radius 2 is 1.79 bits per heavy atom. The third kappa shape index (κ3) is 3.80. The molecule has 0 radical (unpaired) electrons. The van der Waals surface area contributed by atoms with Crippen LogP contribution in [-0.2, 0) is 16.0 Å². The molecule has 1 rings (SSSR count).